The summed E-state index contributed by atoms with van der Waals surface area (Å²) in [6.45, 7) is 9.64. The second kappa shape index (κ2) is 5.41. The Balaban J connectivity index is 2.14. The molecule has 0 unspecified atom stereocenters. The Bertz CT molecular complexity index is 431. The fourth-order valence-corrected chi connectivity index (χ4v) is 3.56. The van der Waals surface area contributed by atoms with Crippen molar-refractivity contribution in [2.45, 2.75) is 46.3 Å². The molecule has 1 fully saturated rings. The molecule has 1 aliphatic rings. The Hall–Kier alpha value is -0.870. The molecule has 0 bridgehead atoms. The maximum absolute atomic E-state index is 12.5. The first-order chi connectivity index (χ1) is 8.51. The van der Waals surface area contributed by atoms with Crippen LogP contribution in [0.1, 0.15) is 40.9 Å². The summed E-state index contributed by atoms with van der Waals surface area (Å²) >= 11 is 1.63. The zero-order valence-electron chi connectivity index (χ0n) is 11.5. The molecule has 1 aliphatic heterocycles. The topological polar surface area (TPSA) is 29.5 Å². The third-order valence-electron chi connectivity index (χ3n) is 3.26. The maximum atomic E-state index is 12.5. The summed E-state index contributed by atoms with van der Waals surface area (Å²) in [6.07, 6.45) is 1.26. The van der Waals surface area contributed by atoms with Gasteiger partial charge in [-0.25, -0.2) is 0 Å². The highest BCUT2D eigenvalue weighted by Gasteiger charge is 2.27. The minimum Gasteiger partial charge on any atom is -0.372 e. The van der Waals surface area contributed by atoms with Crippen LogP contribution in [0, 0.1) is 6.92 Å². The molecular formula is C14H21NO2S. The van der Waals surface area contributed by atoms with Gasteiger partial charge in [0.1, 0.15) is 0 Å². The van der Waals surface area contributed by atoms with Crippen molar-refractivity contribution in [2.75, 3.05) is 13.1 Å². The van der Waals surface area contributed by atoms with Gasteiger partial charge in [0, 0.05) is 18.0 Å². The summed E-state index contributed by atoms with van der Waals surface area (Å²) in [5.74, 6) is 0.157. The van der Waals surface area contributed by atoms with Gasteiger partial charge in [-0.15, -0.1) is 11.3 Å². The predicted octanol–water partition coefficient (Wildman–Crippen LogP) is 2.87. The number of rotatable bonds is 2. The van der Waals surface area contributed by atoms with Crippen LogP contribution in [0.2, 0.25) is 0 Å². The van der Waals surface area contributed by atoms with E-state index in [1.54, 1.807) is 11.3 Å². The lowest BCUT2D eigenvalue weighted by molar-refractivity contribution is -0.0585. The van der Waals surface area contributed by atoms with Crippen molar-refractivity contribution >= 4 is 17.2 Å². The number of amides is 1. The number of carbonyl (C=O) groups excluding carboxylic acids is 1. The number of hydrogen-bond acceptors (Lipinski definition) is 3. The fourth-order valence-electron chi connectivity index (χ4n) is 2.48. The predicted molar refractivity (Wildman–Crippen MR) is 74.3 cm³/mol. The average molecular weight is 267 g/mol. The van der Waals surface area contributed by atoms with E-state index in [1.165, 1.54) is 10.4 Å². The van der Waals surface area contributed by atoms with Gasteiger partial charge >= 0.3 is 0 Å². The van der Waals surface area contributed by atoms with Crippen molar-refractivity contribution in [3.63, 3.8) is 0 Å². The summed E-state index contributed by atoms with van der Waals surface area (Å²) in [7, 11) is 0. The monoisotopic (exact) mass is 267 g/mol. The lowest BCUT2D eigenvalue weighted by atomic mass is 10.2. The number of carbonyl (C=O) groups is 1. The molecule has 1 saturated heterocycles. The lowest BCUT2D eigenvalue weighted by Gasteiger charge is -2.35. The maximum Gasteiger partial charge on any atom is 0.264 e. The zero-order chi connectivity index (χ0) is 13.3. The smallest absolute Gasteiger partial charge is 0.264 e. The normalized spacial score (nSPS) is 24.3. The number of hydrogen-bond donors (Lipinski definition) is 0. The molecule has 0 aromatic carbocycles. The number of ether oxygens (including phenoxy) is 1. The molecule has 0 spiro atoms. The highest BCUT2D eigenvalue weighted by Crippen LogP contribution is 2.24. The highest BCUT2D eigenvalue weighted by molar-refractivity contribution is 7.14. The summed E-state index contributed by atoms with van der Waals surface area (Å²) in [4.78, 5) is 16.6. The second-order valence-electron chi connectivity index (χ2n) is 5.04. The summed E-state index contributed by atoms with van der Waals surface area (Å²) < 4.78 is 5.66. The fraction of sp³-hybridized carbons (Fsp3) is 0.643. The average Bonchev–Trinajstić information content (AvgIpc) is 2.68. The first kappa shape index (κ1) is 13.6. The largest absolute Gasteiger partial charge is 0.372 e. The Morgan fingerprint density at radius 1 is 1.44 bits per heavy atom. The molecule has 3 nitrogen and oxygen atoms in total. The van der Waals surface area contributed by atoms with Crippen LogP contribution in [-0.2, 0) is 11.2 Å². The van der Waals surface area contributed by atoms with Gasteiger partial charge < -0.3 is 9.64 Å². The Morgan fingerprint density at radius 3 is 2.56 bits per heavy atom. The van der Waals surface area contributed by atoms with E-state index in [0.717, 1.165) is 11.3 Å². The number of nitrogens with zero attached hydrogens (tertiary/aromatic N) is 1. The number of aryl methyl sites for hydroxylation is 2. The molecule has 0 radical (unpaired) electrons. The molecule has 4 heteroatoms. The molecule has 0 aliphatic carbocycles. The van der Waals surface area contributed by atoms with Crippen LogP contribution in [0.15, 0.2) is 6.07 Å². The van der Waals surface area contributed by atoms with E-state index in [4.69, 9.17) is 4.74 Å². The second-order valence-corrected chi connectivity index (χ2v) is 6.17. The molecule has 1 amide bonds. The minimum atomic E-state index is 0.129. The molecule has 1 aromatic rings. The molecule has 2 rings (SSSR count). The molecule has 18 heavy (non-hydrogen) atoms. The van der Waals surface area contributed by atoms with E-state index >= 15 is 0 Å². The van der Waals surface area contributed by atoms with Crippen molar-refractivity contribution < 1.29 is 9.53 Å². The van der Waals surface area contributed by atoms with Gasteiger partial charge in [-0.2, -0.15) is 0 Å². The van der Waals surface area contributed by atoms with Crippen molar-refractivity contribution in [3.05, 3.63) is 21.4 Å². The van der Waals surface area contributed by atoms with E-state index in [-0.39, 0.29) is 18.1 Å². The van der Waals surface area contributed by atoms with E-state index in [2.05, 4.69) is 13.8 Å². The van der Waals surface area contributed by atoms with Crippen LogP contribution in [0.4, 0.5) is 0 Å². The molecule has 0 N–H and O–H groups in total. The summed E-state index contributed by atoms with van der Waals surface area (Å²) in [6, 6.07) is 2.02. The molecule has 100 valence electrons. The quantitative estimate of drug-likeness (QED) is 0.824. The standard InChI is InChI=1S/C14H21NO2S/c1-5-12-9(2)6-13(18-12)14(16)15-7-10(3)17-11(4)8-15/h6,10-11H,5,7-8H2,1-4H3/t10-,11+. The van der Waals surface area contributed by atoms with Crippen LogP contribution < -0.4 is 0 Å². The SMILES string of the molecule is CCc1sc(C(=O)N2C[C@@H](C)O[C@@H](C)C2)cc1C. The van der Waals surface area contributed by atoms with Gasteiger partial charge in [-0.05, 0) is 38.8 Å². The zero-order valence-corrected chi connectivity index (χ0v) is 12.3. The third-order valence-corrected chi connectivity index (χ3v) is 4.63. The van der Waals surface area contributed by atoms with Crippen molar-refractivity contribution in [1.82, 2.24) is 4.90 Å². The molecule has 1 aromatic heterocycles. The van der Waals surface area contributed by atoms with Gasteiger partial charge in [-0.1, -0.05) is 6.92 Å². The van der Waals surface area contributed by atoms with Gasteiger partial charge in [0.05, 0.1) is 17.1 Å². The van der Waals surface area contributed by atoms with E-state index < -0.39 is 0 Å². The Kier molecular flexibility index (Phi) is 4.07. The van der Waals surface area contributed by atoms with Crippen LogP contribution in [0.3, 0.4) is 0 Å². The first-order valence-corrected chi connectivity index (χ1v) is 7.37. The van der Waals surface area contributed by atoms with E-state index in [0.29, 0.717) is 13.1 Å². The Morgan fingerprint density at radius 2 is 2.06 bits per heavy atom. The molecule has 2 heterocycles. The van der Waals surface area contributed by atoms with Crippen LogP contribution in [-0.4, -0.2) is 36.1 Å². The van der Waals surface area contributed by atoms with Gasteiger partial charge in [0.2, 0.25) is 0 Å². The van der Waals surface area contributed by atoms with Gasteiger partial charge in [-0.3, -0.25) is 4.79 Å². The molecular weight excluding hydrogens is 246 g/mol. The van der Waals surface area contributed by atoms with Crippen molar-refractivity contribution in [3.8, 4) is 0 Å². The minimum absolute atomic E-state index is 0.129. The highest BCUT2D eigenvalue weighted by atomic mass is 32.1. The van der Waals surface area contributed by atoms with E-state index in [1.807, 2.05) is 24.8 Å². The first-order valence-electron chi connectivity index (χ1n) is 6.55. The van der Waals surface area contributed by atoms with Crippen LogP contribution in [0.5, 0.6) is 0 Å². The summed E-state index contributed by atoms with van der Waals surface area (Å²) in [5.41, 5.74) is 1.24. The van der Waals surface area contributed by atoms with Crippen molar-refractivity contribution in [1.29, 1.82) is 0 Å². The van der Waals surface area contributed by atoms with E-state index in [9.17, 15) is 4.79 Å². The van der Waals surface area contributed by atoms with Gasteiger partial charge in [0.25, 0.3) is 5.91 Å². The number of thiophene rings is 1. The molecule has 2 atom stereocenters. The van der Waals surface area contributed by atoms with Crippen molar-refractivity contribution in [2.24, 2.45) is 0 Å². The van der Waals surface area contributed by atoms with Gasteiger partial charge in [0.15, 0.2) is 0 Å². The number of morpholine rings is 1. The van der Waals surface area contributed by atoms with Crippen LogP contribution >= 0.6 is 11.3 Å². The lowest BCUT2D eigenvalue weighted by Crippen LogP contribution is -2.48. The summed E-state index contributed by atoms with van der Waals surface area (Å²) in [5, 5.41) is 0. The Labute approximate surface area is 113 Å². The molecule has 0 saturated carbocycles. The third kappa shape index (κ3) is 2.75. The van der Waals surface area contributed by atoms with Crippen LogP contribution in [0.25, 0.3) is 0 Å².